The quantitative estimate of drug-likeness (QED) is 0.402. The molecule has 0 aromatic heterocycles. The molecule has 0 unspecified atom stereocenters. The van der Waals surface area contributed by atoms with Crippen molar-refractivity contribution in [2.75, 3.05) is 0 Å². The summed E-state index contributed by atoms with van der Waals surface area (Å²) in [4.78, 5) is 47.3. The fraction of sp³-hybridized carbons (Fsp3) is 0.857. The predicted molar refractivity (Wildman–Crippen MR) is 63.9 cm³/mol. The minimum Gasteiger partial charge on any atom is -0.323 e. The number of hydrogen-bond acceptors (Lipinski definition) is 3. The summed E-state index contributed by atoms with van der Waals surface area (Å²) in [7, 11) is -9.19. The molecule has 0 atom stereocenters. The first-order chi connectivity index (χ1) is 7.60. The number of urea groups is 1. The van der Waals surface area contributed by atoms with Gasteiger partial charge in [0.15, 0.2) is 0 Å². The molecular weight excluding hydrogens is 286 g/mol. The Balaban J connectivity index is 4.85. The van der Waals surface area contributed by atoms with Gasteiger partial charge in [-0.05, 0) is 27.7 Å². The van der Waals surface area contributed by atoms with Crippen molar-refractivity contribution in [1.29, 1.82) is 0 Å². The molecule has 0 radical (unpaired) electrons. The van der Waals surface area contributed by atoms with E-state index in [9.17, 15) is 13.9 Å². The fourth-order valence-electron chi connectivity index (χ4n) is 0.733. The largest absolute Gasteiger partial charge is 0.350 e. The molecule has 0 bridgehead atoms. The molecule has 0 fully saturated rings. The van der Waals surface area contributed by atoms with Crippen LogP contribution in [0, 0.1) is 0 Å². The van der Waals surface area contributed by atoms with Gasteiger partial charge in [0.05, 0.1) is 0 Å². The summed E-state index contributed by atoms with van der Waals surface area (Å²) in [5, 5.41) is 0.245. The lowest BCUT2D eigenvalue weighted by molar-refractivity contribution is 0.222. The van der Waals surface area contributed by atoms with Crippen molar-refractivity contribution in [3.05, 3.63) is 0 Å². The maximum Gasteiger partial charge on any atom is 0.350 e. The number of hydrogen-bond donors (Lipinski definition) is 6. The van der Waals surface area contributed by atoms with E-state index in [4.69, 9.17) is 19.6 Å². The molecule has 0 aliphatic rings. The van der Waals surface area contributed by atoms with Crippen LogP contribution in [0.2, 0.25) is 0 Å². The zero-order chi connectivity index (χ0) is 15.0. The normalized spacial score (nSPS) is 14.2. The minimum absolute atomic E-state index is 1.09. The Morgan fingerprint density at radius 3 is 1.22 bits per heavy atom. The van der Waals surface area contributed by atoms with Gasteiger partial charge in [0.25, 0.3) is 0 Å². The summed E-state index contributed by atoms with van der Waals surface area (Å²) in [5.74, 6) is 0. The Bertz CT molecular complexity index is 384. The van der Waals surface area contributed by atoms with E-state index in [0.29, 0.717) is 0 Å². The zero-order valence-electron chi connectivity index (χ0n) is 10.4. The molecule has 0 aliphatic heterocycles. The maximum atomic E-state index is 11.5. The number of amides is 2. The number of nitrogens with one attached hydrogen (secondary N) is 2. The highest BCUT2D eigenvalue weighted by atomic mass is 31.2. The molecule has 0 saturated carbocycles. The molecule has 9 nitrogen and oxygen atoms in total. The molecule has 0 aliphatic carbocycles. The van der Waals surface area contributed by atoms with Crippen LogP contribution < -0.4 is 10.6 Å². The number of carbonyl (C=O) groups is 1. The third-order valence-corrected chi connectivity index (χ3v) is 5.43. The van der Waals surface area contributed by atoms with Gasteiger partial charge in [-0.2, -0.15) is 0 Å². The van der Waals surface area contributed by atoms with E-state index in [2.05, 4.69) is 0 Å². The Morgan fingerprint density at radius 2 is 1.06 bits per heavy atom. The van der Waals surface area contributed by atoms with E-state index in [1.165, 1.54) is 0 Å². The monoisotopic (exact) mass is 304 g/mol. The zero-order valence-corrected chi connectivity index (χ0v) is 12.2. The van der Waals surface area contributed by atoms with Gasteiger partial charge in [-0.15, -0.1) is 0 Å². The van der Waals surface area contributed by atoms with Gasteiger partial charge in [0, 0.05) is 0 Å². The van der Waals surface area contributed by atoms with Crippen molar-refractivity contribution < 1.29 is 33.5 Å². The molecule has 0 rings (SSSR count). The molecule has 0 saturated heterocycles. The number of rotatable bonds is 4. The van der Waals surface area contributed by atoms with Gasteiger partial charge in [-0.25, -0.2) is 4.79 Å². The van der Waals surface area contributed by atoms with Crippen molar-refractivity contribution in [2.24, 2.45) is 0 Å². The SMILES string of the molecule is CC(C)(NC(=O)NC(C)(C)P(=O)(O)O)P(=O)(O)O. The second-order valence-corrected chi connectivity index (χ2v) is 9.20. The maximum absolute atomic E-state index is 11.5. The summed E-state index contributed by atoms with van der Waals surface area (Å²) in [5.41, 5.74) is 0. The average Bonchev–Trinajstić information content (AvgIpc) is 1.95. The molecule has 0 aromatic rings. The fourth-order valence-corrected chi connectivity index (χ4v) is 1.23. The third-order valence-electron chi connectivity index (χ3n) is 2.30. The second kappa shape index (κ2) is 4.92. The van der Waals surface area contributed by atoms with Crippen LogP contribution in [0.25, 0.3) is 0 Å². The second-order valence-electron chi connectivity index (χ2n) is 4.79. The summed E-state index contributed by atoms with van der Waals surface area (Å²) >= 11 is 0. The van der Waals surface area contributed by atoms with Gasteiger partial charge in [0.2, 0.25) is 0 Å². The van der Waals surface area contributed by atoms with Crippen molar-refractivity contribution in [3.63, 3.8) is 0 Å². The van der Waals surface area contributed by atoms with Crippen LogP contribution in [0.15, 0.2) is 0 Å². The summed E-state index contributed by atoms with van der Waals surface area (Å²) in [6, 6.07) is -1.09. The smallest absolute Gasteiger partial charge is 0.323 e. The lowest BCUT2D eigenvalue weighted by Gasteiger charge is -2.31. The molecule has 18 heavy (non-hydrogen) atoms. The molecule has 2 amide bonds. The molecule has 0 heterocycles. The van der Waals surface area contributed by atoms with Crippen LogP contribution >= 0.6 is 15.2 Å². The van der Waals surface area contributed by atoms with Crippen LogP contribution in [-0.2, 0) is 9.13 Å². The lowest BCUT2D eigenvalue weighted by Crippen LogP contribution is -2.53. The van der Waals surface area contributed by atoms with Gasteiger partial charge in [-0.3, -0.25) is 9.13 Å². The molecule has 6 N–H and O–H groups in total. The van der Waals surface area contributed by atoms with E-state index in [1.54, 1.807) is 0 Å². The topological polar surface area (TPSA) is 156 Å². The van der Waals surface area contributed by atoms with Crippen LogP contribution in [0.1, 0.15) is 27.7 Å². The molecule has 108 valence electrons. The van der Waals surface area contributed by atoms with Crippen molar-refractivity contribution in [2.45, 2.75) is 38.3 Å². The Hall–Kier alpha value is -0.430. The number of carbonyl (C=O) groups excluding carboxylic acids is 1. The van der Waals surface area contributed by atoms with Crippen LogP contribution in [-0.4, -0.2) is 36.2 Å². The molecular formula is C7H18N2O7P2. The third kappa shape index (κ3) is 4.35. The van der Waals surface area contributed by atoms with E-state index in [-0.39, 0.29) is 0 Å². The van der Waals surface area contributed by atoms with Crippen molar-refractivity contribution in [3.8, 4) is 0 Å². The van der Waals surface area contributed by atoms with E-state index >= 15 is 0 Å². The van der Waals surface area contributed by atoms with Crippen LogP contribution in [0.5, 0.6) is 0 Å². The first-order valence-corrected chi connectivity index (χ1v) is 8.04. The highest BCUT2D eigenvalue weighted by molar-refractivity contribution is 7.53. The highest BCUT2D eigenvalue weighted by Crippen LogP contribution is 2.49. The average molecular weight is 304 g/mol. The van der Waals surface area contributed by atoms with Gasteiger partial charge < -0.3 is 30.2 Å². The van der Waals surface area contributed by atoms with Crippen LogP contribution in [0.3, 0.4) is 0 Å². The van der Waals surface area contributed by atoms with E-state index in [0.717, 1.165) is 27.7 Å². The molecule has 0 aromatic carbocycles. The lowest BCUT2D eigenvalue weighted by atomic mass is 10.3. The van der Waals surface area contributed by atoms with Crippen LogP contribution in [0.4, 0.5) is 4.79 Å². The minimum atomic E-state index is -4.59. The summed E-state index contributed by atoms with van der Waals surface area (Å²) < 4.78 is 22.1. The van der Waals surface area contributed by atoms with E-state index in [1.807, 2.05) is 10.6 Å². The predicted octanol–water partition coefficient (Wildman–Crippen LogP) is 0.113. The van der Waals surface area contributed by atoms with Gasteiger partial charge in [-0.1, -0.05) is 0 Å². The molecule has 0 spiro atoms. The summed E-state index contributed by atoms with van der Waals surface area (Å²) in [6.45, 7) is 4.38. The van der Waals surface area contributed by atoms with Gasteiger partial charge >= 0.3 is 21.2 Å². The standard InChI is InChI=1S/C7H18N2O7P2/c1-6(2,17(11,12)13)8-5(10)9-7(3,4)18(14,15)16/h1-4H3,(H2,8,9,10)(H2,11,12,13)(H2,14,15,16). The highest BCUT2D eigenvalue weighted by Gasteiger charge is 2.43. The Kier molecular flexibility index (Phi) is 4.80. The van der Waals surface area contributed by atoms with Crippen molar-refractivity contribution >= 4 is 21.2 Å². The molecule has 11 heteroatoms. The Labute approximate surface area is 104 Å². The first-order valence-electron chi connectivity index (χ1n) is 4.82. The first kappa shape index (κ1) is 17.6. The van der Waals surface area contributed by atoms with Gasteiger partial charge in [0.1, 0.15) is 10.6 Å². The van der Waals surface area contributed by atoms with Crippen molar-refractivity contribution in [1.82, 2.24) is 10.6 Å². The Morgan fingerprint density at radius 1 is 0.833 bits per heavy atom. The summed E-state index contributed by atoms with van der Waals surface area (Å²) in [6.07, 6.45) is 0. The van der Waals surface area contributed by atoms with E-state index < -0.39 is 31.8 Å².